The molecule has 3 rings (SSSR count). The van der Waals surface area contributed by atoms with Crippen molar-refractivity contribution >= 4 is 11.0 Å². The van der Waals surface area contributed by atoms with Crippen molar-refractivity contribution in [3.05, 3.63) is 17.7 Å². The Morgan fingerprint density at radius 1 is 1.35 bits per heavy atom. The second-order valence-corrected chi connectivity index (χ2v) is 4.29. The first-order valence-electron chi connectivity index (χ1n) is 5.83. The van der Waals surface area contributed by atoms with Gasteiger partial charge in [-0.1, -0.05) is 0 Å². The van der Waals surface area contributed by atoms with Crippen LogP contribution in [-0.4, -0.2) is 41.4 Å². The SMILES string of the molecule is Cc1nc2c(C)n[n+](N3CCOCC3)cc2[nH]1. The molecule has 0 radical (unpaired) electrons. The molecule has 1 aliphatic heterocycles. The highest BCUT2D eigenvalue weighted by Gasteiger charge is 2.21. The van der Waals surface area contributed by atoms with Gasteiger partial charge in [0.25, 0.3) is 6.20 Å². The molecule has 1 saturated heterocycles. The van der Waals surface area contributed by atoms with Gasteiger partial charge in [-0.05, 0) is 13.8 Å². The summed E-state index contributed by atoms with van der Waals surface area (Å²) in [5.74, 6) is 0.921. The minimum atomic E-state index is 0.758. The molecule has 0 atom stereocenters. The van der Waals surface area contributed by atoms with E-state index in [9.17, 15) is 0 Å². The largest absolute Gasteiger partial charge is 0.377 e. The number of imidazole rings is 1. The normalized spacial score (nSPS) is 16.7. The van der Waals surface area contributed by atoms with Crippen LogP contribution in [0.5, 0.6) is 0 Å². The molecule has 0 aromatic carbocycles. The van der Waals surface area contributed by atoms with E-state index in [1.54, 1.807) is 0 Å². The number of rotatable bonds is 1. The van der Waals surface area contributed by atoms with Gasteiger partial charge < -0.3 is 9.72 Å². The van der Waals surface area contributed by atoms with Gasteiger partial charge in [-0.2, -0.15) is 5.01 Å². The van der Waals surface area contributed by atoms with Crippen LogP contribution in [0.4, 0.5) is 0 Å². The number of aromatic nitrogens is 4. The third-order valence-electron chi connectivity index (χ3n) is 2.97. The summed E-state index contributed by atoms with van der Waals surface area (Å²) >= 11 is 0. The van der Waals surface area contributed by atoms with Crippen molar-refractivity contribution in [2.45, 2.75) is 13.8 Å². The lowest BCUT2D eigenvalue weighted by molar-refractivity contribution is -0.750. The average Bonchev–Trinajstić information content (AvgIpc) is 2.71. The number of ether oxygens (including phenoxy) is 1. The number of fused-ring (bicyclic) bond motifs is 1. The van der Waals surface area contributed by atoms with E-state index in [2.05, 4.69) is 20.1 Å². The summed E-state index contributed by atoms with van der Waals surface area (Å²) in [6.45, 7) is 7.20. The summed E-state index contributed by atoms with van der Waals surface area (Å²) in [4.78, 5) is 9.57. The van der Waals surface area contributed by atoms with Crippen molar-refractivity contribution in [3.63, 3.8) is 0 Å². The van der Waals surface area contributed by atoms with Gasteiger partial charge in [0.15, 0.2) is 0 Å². The number of morpholine rings is 1. The molecule has 1 N–H and O–H groups in total. The highest BCUT2D eigenvalue weighted by atomic mass is 16.5. The third-order valence-corrected chi connectivity index (χ3v) is 2.97. The van der Waals surface area contributed by atoms with Gasteiger partial charge in [-0.3, -0.25) is 0 Å². The number of nitrogens with one attached hydrogen (secondary N) is 1. The van der Waals surface area contributed by atoms with Crippen LogP contribution in [0.15, 0.2) is 6.20 Å². The van der Waals surface area contributed by atoms with E-state index in [1.165, 1.54) is 0 Å². The number of aryl methyl sites for hydroxylation is 2. The van der Waals surface area contributed by atoms with Crippen LogP contribution in [0.3, 0.4) is 0 Å². The van der Waals surface area contributed by atoms with Crippen molar-refractivity contribution in [2.75, 3.05) is 31.3 Å². The van der Waals surface area contributed by atoms with Crippen LogP contribution < -0.4 is 9.80 Å². The molecule has 17 heavy (non-hydrogen) atoms. The molecule has 1 fully saturated rings. The van der Waals surface area contributed by atoms with Gasteiger partial charge in [-0.25, -0.2) is 4.98 Å². The van der Waals surface area contributed by atoms with Crippen LogP contribution in [0, 0.1) is 13.8 Å². The van der Waals surface area contributed by atoms with Gasteiger partial charge in [0.05, 0.1) is 26.3 Å². The molecule has 0 unspecified atom stereocenters. The quantitative estimate of drug-likeness (QED) is 0.696. The van der Waals surface area contributed by atoms with Crippen molar-refractivity contribution < 1.29 is 9.53 Å². The van der Waals surface area contributed by atoms with Gasteiger partial charge in [0.1, 0.15) is 22.6 Å². The third kappa shape index (κ3) is 1.84. The second kappa shape index (κ2) is 3.96. The predicted octanol–water partition coefficient (Wildman–Crippen LogP) is -0.170. The Bertz CT molecular complexity index is 544. The molecule has 6 heteroatoms. The topological polar surface area (TPSA) is 57.9 Å². The molecule has 0 aliphatic carbocycles. The summed E-state index contributed by atoms with van der Waals surface area (Å²) in [5.41, 5.74) is 2.92. The number of hydrogen-bond donors (Lipinski definition) is 1. The van der Waals surface area contributed by atoms with Crippen LogP contribution in [-0.2, 0) is 4.74 Å². The average molecular weight is 234 g/mol. The molecule has 1 aliphatic rings. The zero-order valence-electron chi connectivity index (χ0n) is 10.1. The summed E-state index contributed by atoms with van der Waals surface area (Å²) in [6.07, 6.45) is 1.99. The summed E-state index contributed by atoms with van der Waals surface area (Å²) in [7, 11) is 0. The van der Waals surface area contributed by atoms with E-state index in [-0.39, 0.29) is 0 Å². The summed E-state index contributed by atoms with van der Waals surface area (Å²) in [5, 5.41) is 6.72. The fraction of sp³-hybridized carbons (Fsp3) is 0.545. The highest BCUT2D eigenvalue weighted by molar-refractivity contribution is 5.75. The van der Waals surface area contributed by atoms with Crippen molar-refractivity contribution in [2.24, 2.45) is 0 Å². The molecule has 0 bridgehead atoms. The van der Waals surface area contributed by atoms with Gasteiger partial charge >= 0.3 is 0 Å². The monoisotopic (exact) mass is 234 g/mol. The van der Waals surface area contributed by atoms with Crippen molar-refractivity contribution in [1.82, 2.24) is 15.1 Å². The van der Waals surface area contributed by atoms with Gasteiger partial charge in [0, 0.05) is 9.89 Å². The predicted molar refractivity (Wildman–Crippen MR) is 62.3 cm³/mol. The molecular weight excluding hydrogens is 218 g/mol. The Hall–Kier alpha value is -1.69. The van der Waals surface area contributed by atoms with E-state index >= 15 is 0 Å². The zero-order valence-corrected chi connectivity index (χ0v) is 10.1. The smallest absolute Gasteiger partial charge is 0.256 e. The lowest BCUT2D eigenvalue weighted by Gasteiger charge is -2.20. The minimum absolute atomic E-state index is 0.758. The Kier molecular flexibility index (Phi) is 2.44. The molecule has 2 aromatic rings. The van der Waals surface area contributed by atoms with E-state index < -0.39 is 0 Å². The number of H-pyrrole nitrogens is 1. The maximum absolute atomic E-state index is 5.34. The fourth-order valence-electron chi connectivity index (χ4n) is 2.13. The first-order chi connectivity index (χ1) is 8.24. The Morgan fingerprint density at radius 3 is 2.88 bits per heavy atom. The number of aromatic amines is 1. The first-order valence-corrected chi connectivity index (χ1v) is 5.83. The molecule has 0 amide bonds. The molecule has 2 aromatic heterocycles. The molecule has 0 spiro atoms. The fourth-order valence-corrected chi connectivity index (χ4v) is 2.13. The highest BCUT2D eigenvalue weighted by Crippen LogP contribution is 2.10. The molecule has 3 heterocycles. The van der Waals surface area contributed by atoms with Crippen molar-refractivity contribution in [3.8, 4) is 0 Å². The van der Waals surface area contributed by atoms with E-state index in [0.29, 0.717) is 0 Å². The Labute approximate surface area is 99.2 Å². The van der Waals surface area contributed by atoms with E-state index in [4.69, 9.17) is 4.74 Å². The van der Waals surface area contributed by atoms with Gasteiger partial charge in [-0.15, -0.1) is 0 Å². The van der Waals surface area contributed by atoms with E-state index in [0.717, 1.165) is 48.9 Å². The standard InChI is InChI=1S/C11H15N5O/c1-8-11-10(12-9(2)13-11)7-16(14-8)15-3-5-17-6-4-15/h7H,3-6H2,1-2H3/p+1. The molecule has 90 valence electrons. The zero-order chi connectivity index (χ0) is 11.8. The van der Waals surface area contributed by atoms with Crippen LogP contribution in [0.25, 0.3) is 11.0 Å². The lowest BCUT2D eigenvalue weighted by Crippen LogP contribution is -2.64. The molecular formula is C11H16N5O+. The summed E-state index contributed by atoms with van der Waals surface area (Å²) < 4.78 is 5.34. The lowest BCUT2D eigenvalue weighted by atomic mass is 10.3. The van der Waals surface area contributed by atoms with E-state index in [1.807, 2.05) is 24.8 Å². The maximum Gasteiger partial charge on any atom is 0.256 e. The number of nitrogens with zero attached hydrogens (tertiary/aromatic N) is 4. The first kappa shape index (κ1) is 10.5. The van der Waals surface area contributed by atoms with Crippen molar-refractivity contribution in [1.29, 1.82) is 0 Å². The second-order valence-electron chi connectivity index (χ2n) is 4.29. The van der Waals surface area contributed by atoms with Crippen LogP contribution in [0.1, 0.15) is 11.5 Å². The summed E-state index contributed by atoms with van der Waals surface area (Å²) in [6, 6.07) is 0. The Morgan fingerprint density at radius 2 is 2.12 bits per heavy atom. The van der Waals surface area contributed by atoms with Crippen LogP contribution >= 0.6 is 0 Å². The Balaban J connectivity index is 2.04. The number of hydrogen-bond acceptors (Lipinski definition) is 4. The minimum Gasteiger partial charge on any atom is -0.377 e. The van der Waals surface area contributed by atoms with Gasteiger partial charge in [0.2, 0.25) is 0 Å². The van der Waals surface area contributed by atoms with Crippen LogP contribution in [0.2, 0.25) is 0 Å². The molecule has 6 nitrogen and oxygen atoms in total. The maximum atomic E-state index is 5.34. The molecule has 0 saturated carbocycles.